The number of carbonyl (C=O) groups excluding carboxylic acids is 1. The standard InChI is InChI=1S/C15H17FN2OS.ClH/c1-8-11-6-10(16)4-5-13(11)20-14(8)15(19)18-12(7-17)9-2-3-9;/h4-6,9,12H,2-3,7,17H2,1H3,(H,18,19);1H. The molecule has 0 radical (unpaired) electrons. The Balaban J connectivity index is 0.00000161. The molecule has 1 heterocycles. The van der Waals surface area contributed by atoms with Crippen molar-refractivity contribution in [2.75, 3.05) is 6.54 Å². The summed E-state index contributed by atoms with van der Waals surface area (Å²) in [4.78, 5) is 13.0. The highest BCUT2D eigenvalue weighted by atomic mass is 35.5. The van der Waals surface area contributed by atoms with E-state index in [1.54, 1.807) is 6.07 Å². The SMILES string of the molecule is Cc1c(C(=O)NC(CN)C2CC2)sc2ccc(F)cc12.Cl. The molecule has 1 unspecified atom stereocenters. The average molecular weight is 329 g/mol. The quantitative estimate of drug-likeness (QED) is 0.905. The van der Waals surface area contributed by atoms with Crippen LogP contribution in [0.1, 0.15) is 28.1 Å². The molecule has 1 atom stereocenters. The number of rotatable bonds is 4. The normalized spacial score (nSPS) is 15.6. The maximum absolute atomic E-state index is 13.3. The number of halogens is 2. The summed E-state index contributed by atoms with van der Waals surface area (Å²) in [6.45, 7) is 2.33. The van der Waals surface area contributed by atoms with Gasteiger partial charge in [-0.05, 0) is 54.8 Å². The zero-order valence-corrected chi connectivity index (χ0v) is 13.3. The van der Waals surface area contributed by atoms with E-state index in [2.05, 4.69) is 5.32 Å². The second-order valence-electron chi connectivity index (χ2n) is 5.35. The molecule has 0 spiro atoms. The minimum atomic E-state index is -0.275. The molecule has 0 aliphatic heterocycles. The Morgan fingerprint density at radius 1 is 1.52 bits per heavy atom. The van der Waals surface area contributed by atoms with Crippen molar-refractivity contribution >= 4 is 39.7 Å². The molecule has 0 saturated heterocycles. The monoisotopic (exact) mass is 328 g/mol. The van der Waals surface area contributed by atoms with E-state index in [0.717, 1.165) is 28.5 Å². The number of thiophene rings is 1. The lowest BCUT2D eigenvalue weighted by atomic mass is 10.1. The van der Waals surface area contributed by atoms with Crippen LogP contribution in [0, 0.1) is 18.7 Å². The van der Waals surface area contributed by atoms with Gasteiger partial charge in [-0.1, -0.05) is 0 Å². The number of benzene rings is 1. The van der Waals surface area contributed by atoms with Crippen LogP contribution >= 0.6 is 23.7 Å². The van der Waals surface area contributed by atoms with Gasteiger partial charge >= 0.3 is 0 Å². The van der Waals surface area contributed by atoms with Crippen molar-refractivity contribution in [1.29, 1.82) is 0 Å². The summed E-state index contributed by atoms with van der Waals surface area (Å²) in [6, 6.07) is 4.69. The van der Waals surface area contributed by atoms with Gasteiger partial charge in [0.1, 0.15) is 5.82 Å². The third kappa shape index (κ3) is 3.20. The van der Waals surface area contributed by atoms with Crippen LogP contribution in [0.2, 0.25) is 0 Å². The Morgan fingerprint density at radius 3 is 2.86 bits per heavy atom. The van der Waals surface area contributed by atoms with E-state index < -0.39 is 0 Å². The van der Waals surface area contributed by atoms with Crippen LogP contribution in [0.25, 0.3) is 10.1 Å². The first kappa shape index (κ1) is 16.2. The molecule has 1 fully saturated rings. The van der Waals surface area contributed by atoms with Crippen LogP contribution in [0.15, 0.2) is 18.2 Å². The molecule has 114 valence electrons. The lowest BCUT2D eigenvalue weighted by molar-refractivity contribution is 0.0937. The number of carbonyl (C=O) groups is 1. The molecule has 1 saturated carbocycles. The van der Waals surface area contributed by atoms with Crippen molar-refractivity contribution in [2.45, 2.75) is 25.8 Å². The largest absolute Gasteiger partial charge is 0.347 e. The summed E-state index contributed by atoms with van der Waals surface area (Å²) in [5.41, 5.74) is 6.55. The fraction of sp³-hybridized carbons (Fsp3) is 0.400. The molecule has 1 aromatic carbocycles. The summed E-state index contributed by atoms with van der Waals surface area (Å²) >= 11 is 1.41. The Kier molecular flexibility index (Phi) is 4.86. The Morgan fingerprint density at radius 2 is 2.24 bits per heavy atom. The second-order valence-corrected chi connectivity index (χ2v) is 6.40. The molecular formula is C15H18ClFN2OS. The van der Waals surface area contributed by atoms with Gasteiger partial charge in [-0.3, -0.25) is 4.79 Å². The molecule has 1 amide bonds. The zero-order chi connectivity index (χ0) is 14.3. The number of aryl methyl sites for hydroxylation is 1. The van der Waals surface area contributed by atoms with Crippen LogP contribution in [0.4, 0.5) is 4.39 Å². The first-order valence-corrected chi connectivity index (χ1v) is 7.61. The van der Waals surface area contributed by atoms with Crippen LogP contribution in [-0.2, 0) is 0 Å². The summed E-state index contributed by atoms with van der Waals surface area (Å²) in [5.74, 6) is 0.158. The molecule has 21 heavy (non-hydrogen) atoms. The van der Waals surface area contributed by atoms with E-state index in [4.69, 9.17) is 5.73 Å². The van der Waals surface area contributed by atoms with Crippen LogP contribution < -0.4 is 11.1 Å². The molecule has 1 aromatic heterocycles. The number of hydrogen-bond donors (Lipinski definition) is 2. The smallest absolute Gasteiger partial charge is 0.261 e. The number of nitrogens with one attached hydrogen (secondary N) is 1. The minimum Gasteiger partial charge on any atom is -0.347 e. The summed E-state index contributed by atoms with van der Waals surface area (Å²) in [7, 11) is 0. The van der Waals surface area contributed by atoms with E-state index in [-0.39, 0.29) is 30.2 Å². The lowest BCUT2D eigenvalue weighted by Gasteiger charge is -2.15. The maximum Gasteiger partial charge on any atom is 0.261 e. The molecule has 0 bridgehead atoms. The summed E-state index contributed by atoms with van der Waals surface area (Å²) in [6.07, 6.45) is 2.28. The van der Waals surface area contributed by atoms with Gasteiger partial charge in [0.25, 0.3) is 5.91 Å². The van der Waals surface area contributed by atoms with Crippen molar-refractivity contribution in [3.05, 3.63) is 34.5 Å². The van der Waals surface area contributed by atoms with Crippen molar-refractivity contribution in [1.82, 2.24) is 5.32 Å². The van der Waals surface area contributed by atoms with Crippen LogP contribution in [0.5, 0.6) is 0 Å². The summed E-state index contributed by atoms with van der Waals surface area (Å²) in [5, 5.41) is 3.83. The van der Waals surface area contributed by atoms with E-state index in [9.17, 15) is 9.18 Å². The van der Waals surface area contributed by atoms with Crippen molar-refractivity contribution in [3.63, 3.8) is 0 Å². The van der Waals surface area contributed by atoms with Crippen molar-refractivity contribution in [2.24, 2.45) is 11.7 Å². The number of fused-ring (bicyclic) bond motifs is 1. The Hall–Kier alpha value is -1.17. The van der Waals surface area contributed by atoms with Crippen LogP contribution in [-0.4, -0.2) is 18.5 Å². The minimum absolute atomic E-state index is 0. The average Bonchev–Trinajstić information content (AvgIpc) is 3.22. The highest BCUT2D eigenvalue weighted by Gasteiger charge is 2.32. The van der Waals surface area contributed by atoms with Crippen molar-refractivity contribution in [3.8, 4) is 0 Å². The van der Waals surface area contributed by atoms with E-state index in [0.29, 0.717) is 17.3 Å². The highest BCUT2D eigenvalue weighted by Crippen LogP contribution is 2.34. The molecular weight excluding hydrogens is 311 g/mol. The fourth-order valence-corrected chi connectivity index (χ4v) is 3.60. The van der Waals surface area contributed by atoms with Gasteiger partial charge in [0.2, 0.25) is 0 Å². The lowest BCUT2D eigenvalue weighted by Crippen LogP contribution is -2.41. The first-order valence-electron chi connectivity index (χ1n) is 6.79. The van der Waals surface area contributed by atoms with Gasteiger partial charge in [-0.15, -0.1) is 23.7 Å². The van der Waals surface area contributed by atoms with Gasteiger partial charge in [0.15, 0.2) is 0 Å². The Labute approximate surface area is 133 Å². The molecule has 3 nitrogen and oxygen atoms in total. The van der Waals surface area contributed by atoms with Gasteiger partial charge < -0.3 is 11.1 Å². The highest BCUT2D eigenvalue weighted by molar-refractivity contribution is 7.21. The first-order chi connectivity index (χ1) is 9.60. The molecule has 1 aliphatic rings. The fourth-order valence-electron chi connectivity index (χ4n) is 2.51. The Bertz CT molecular complexity index is 669. The van der Waals surface area contributed by atoms with Gasteiger partial charge in [0, 0.05) is 17.3 Å². The maximum atomic E-state index is 13.3. The molecule has 3 rings (SSSR count). The van der Waals surface area contributed by atoms with Gasteiger partial charge in [-0.2, -0.15) is 0 Å². The predicted molar refractivity (Wildman–Crippen MR) is 86.8 cm³/mol. The third-order valence-corrected chi connectivity index (χ3v) is 5.14. The third-order valence-electron chi connectivity index (χ3n) is 3.87. The van der Waals surface area contributed by atoms with E-state index >= 15 is 0 Å². The van der Waals surface area contributed by atoms with Crippen molar-refractivity contribution < 1.29 is 9.18 Å². The number of nitrogens with two attached hydrogens (primary N) is 1. The predicted octanol–water partition coefficient (Wildman–Crippen LogP) is 3.24. The van der Waals surface area contributed by atoms with Crippen LogP contribution in [0.3, 0.4) is 0 Å². The molecule has 6 heteroatoms. The zero-order valence-electron chi connectivity index (χ0n) is 11.7. The molecule has 1 aliphatic carbocycles. The summed E-state index contributed by atoms with van der Waals surface area (Å²) < 4.78 is 14.2. The van der Waals surface area contributed by atoms with E-state index in [1.807, 2.05) is 6.92 Å². The molecule has 2 aromatic rings. The topological polar surface area (TPSA) is 55.1 Å². The van der Waals surface area contributed by atoms with E-state index in [1.165, 1.54) is 23.5 Å². The van der Waals surface area contributed by atoms with Gasteiger partial charge in [-0.25, -0.2) is 4.39 Å². The van der Waals surface area contributed by atoms with Gasteiger partial charge in [0.05, 0.1) is 4.88 Å². The number of amides is 1. The second kappa shape index (κ2) is 6.30. The number of hydrogen-bond acceptors (Lipinski definition) is 3. The molecule has 3 N–H and O–H groups in total.